The lowest BCUT2D eigenvalue weighted by Gasteiger charge is -2.15. The van der Waals surface area contributed by atoms with Crippen LogP contribution >= 0.6 is 11.8 Å². The predicted molar refractivity (Wildman–Crippen MR) is 127 cm³/mol. The summed E-state index contributed by atoms with van der Waals surface area (Å²) in [6, 6.07) is 11.4. The van der Waals surface area contributed by atoms with Crippen LogP contribution in [0.5, 0.6) is 0 Å². The van der Waals surface area contributed by atoms with Gasteiger partial charge >= 0.3 is 0 Å². The number of aromatic nitrogens is 2. The lowest BCUT2D eigenvalue weighted by atomic mass is 10.1. The van der Waals surface area contributed by atoms with Crippen LogP contribution in [0.4, 0.5) is 5.69 Å². The van der Waals surface area contributed by atoms with Gasteiger partial charge in [-0.2, -0.15) is 0 Å². The van der Waals surface area contributed by atoms with Crippen LogP contribution in [-0.2, 0) is 16.1 Å². The monoisotopic (exact) mass is 439 g/mol. The summed E-state index contributed by atoms with van der Waals surface area (Å²) in [5.41, 5.74) is 4.63. The first-order valence-electron chi connectivity index (χ1n) is 10.5. The highest BCUT2D eigenvalue weighted by Crippen LogP contribution is 2.23. The SMILES string of the molecule is CCOCCCn1c(SCC(=O)Nc2c(C)cc(C)cc2C)nc2ccccc2c1=O. The van der Waals surface area contributed by atoms with Crippen molar-refractivity contribution in [3.05, 3.63) is 63.4 Å². The number of nitrogens with zero attached hydrogens (tertiary/aromatic N) is 2. The fourth-order valence-corrected chi connectivity index (χ4v) is 4.43. The van der Waals surface area contributed by atoms with E-state index in [4.69, 9.17) is 4.74 Å². The number of thioether (sulfide) groups is 1. The fourth-order valence-electron chi connectivity index (χ4n) is 3.61. The maximum Gasteiger partial charge on any atom is 0.262 e. The number of para-hydroxylation sites is 1. The van der Waals surface area contributed by atoms with Gasteiger partial charge in [0.2, 0.25) is 5.91 Å². The van der Waals surface area contributed by atoms with E-state index in [1.807, 2.05) is 45.9 Å². The standard InChI is InChI=1S/C24H29N3O3S/c1-5-30-12-8-11-27-23(29)19-9-6-7-10-20(19)25-24(27)31-15-21(28)26-22-17(3)13-16(2)14-18(22)4/h6-7,9-10,13-14H,5,8,11-12,15H2,1-4H3,(H,26,28). The summed E-state index contributed by atoms with van der Waals surface area (Å²) >= 11 is 1.28. The largest absolute Gasteiger partial charge is 0.382 e. The Balaban J connectivity index is 1.79. The van der Waals surface area contributed by atoms with Gasteiger partial charge in [-0.05, 0) is 57.4 Å². The zero-order chi connectivity index (χ0) is 22.4. The zero-order valence-electron chi connectivity index (χ0n) is 18.5. The molecule has 6 nitrogen and oxygen atoms in total. The van der Waals surface area contributed by atoms with Crippen molar-refractivity contribution >= 4 is 34.3 Å². The van der Waals surface area contributed by atoms with Crippen LogP contribution in [0.25, 0.3) is 10.9 Å². The number of aryl methyl sites for hydroxylation is 3. The van der Waals surface area contributed by atoms with Gasteiger partial charge in [0.05, 0.1) is 16.7 Å². The Labute approximate surface area is 187 Å². The first kappa shape index (κ1) is 23.0. The summed E-state index contributed by atoms with van der Waals surface area (Å²) in [4.78, 5) is 30.4. The number of hydrogen-bond donors (Lipinski definition) is 1. The van der Waals surface area contributed by atoms with Gasteiger partial charge in [-0.1, -0.05) is 41.6 Å². The number of hydrogen-bond acceptors (Lipinski definition) is 5. The van der Waals surface area contributed by atoms with Gasteiger partial charge in [-0.3, -0.25) is 14.2 Å². The minimum atomic E-state index is -0.122. The Bertz CT molecular complexity index is 1120. The van der Waals surface area contributed by atoms with Gasteiger partial charge in [-0.15, -0.1) is 0 Å². The predicted octanol–water partition coefficient (Wildman–Crippen LogP) is 4.48. The summed E-state index contributed by atoms with van der Waals surface area (Å²) in [6.07, 6.45) is 0.704. The molecule has 3 aromatic rings. The van der Waals surface area contributed by atoms with Crippen molar-refractivity contribution in [2.75, 3.05) is 24.3 Å². The van der Waals surface area contributed by atoms with Crippen LogP contribution in [0.15, 0.2) is 46.3 Å². The summed E-state index contributed by atoms with van der Waals surface area (Å²) < 4.78 is 7.07. The van der Waals surface area contributed by atoms with Gasteiger partial charge in [0.1, 0.15) is 0 Å². The quantitative estimate of drug-likeness (QED) is 0.302. The minimum absolute atomic E-state index is 0.0877. The van der Waals surface area contributed by atoms with Crippen molar-refractivity contribution in [1.29, 1.82) is 0 Å². The van der Waals surface area contributed by atoms with E-state index in [-0.39, 0.29) is 17.2 Å². The maximum absolute atomic E-state index is 13.0. The molecule has 31 heavy (non-hydrogen) atoms. The number of rotatable bonds is 9. The van der Waals surface area contributed by atoms with Crippen LogP contribution in [0.3, 0.4) is 0 Å². The molecule has 0 saturated heterocycles. The molecule has 1 heterocycles. The average Bonchev–Trinajstić information content (AvgIpc) is 2.73. The molecule has 1 amide bonds. The van der Waals surface area contributed by atoms with Crippen molar-refractivity contribution in [2.24, 2.45) is 0 Å². The summed E-state index contributed by atoms with van der Waals surface area (Å²) in [5, 5.41) is 4.14. The number of ether oxygens (including phenoxy) is 1. The fraction of sp³-hybridized carbons (Fsp3) is 0.375. The molecule has 0 atom stereocenters. The summed E-state index contributed by atoms with van der Waals surface area (Å²) in [6.45, 7) is 9.68. The van der Waals surface area contributed by atoms with Crippen LogP contribution in [0.2, 0.25) is 0 Å². The molecule has 0 bridgehead atoms. The molecular weight excluding hydrogens is 410 g/mol. The van der Waals surface area contributed by atoms with E-state index in [1.165, 1.54) is 17.3 Å². The lowest BCUT2D eigenvalue weighted by molar-refractivity contribution is -0.113. The topological polar surface area (TPSA) is 73.2 Å². The summed E-state index contributed by atoms with van der Waals surface area (Å²) in [7, 11) is 0. The highest BCUT2D eigenvalue weighted by atomic mass is 32.2. The molecule has 164 valence electrons. The second-order valence-electron chi connectivity index (χ2n) is 7.53. The Morgan fingerprint density at radius 1 is 1.16 bits per heavy atom. The number of amides is 1. The number of nitrogens with one attached hydrogen (secondary N) is 1. The Hall–Kier alpha value is -2.64. The van der Waals surface area contributed by atoms with Crippen molar-refractivity contribution in [3.8, 4) is 0 Å². The molecule has 0 aliphatic heterocycles. The van der Waals surface area contributed by atoms with Gasteiger partial charge in [0, 0.05) is 25.4 Å². The molecule has 1 aromatic heterocycles. The van der Waals surface area contributed by atoms with E-state index in [0.717, 1.165) is 16.8 Å². The molecule has 2 aromatic carbocycles. The molecular formula is C24H29N3O3S. The van der Waals surface area contributed by atoms with E-state index >= 15 is 0 Å². The second-order valence-corrected chi connectivity index (χ2v) is 8.47. The van der Waals surface area contributed by atoms with Crippen molar-refractivity contribution in [3.63, 3.8) is 0 Å². The number of carbonyl (C=O) groups is 1. The van der Waals surface area contributed by atoms with Gasteiger partial charge in [0.25, 0.3) is 5.56 Å². The van der Waals surface area contributed by atoms with E-state index in [0.29, 0.717) is 42.2 Å². The zero-order valence-corrected chi connectivity index (χ0v) is 19.3. The second kappa shape index (κ2) is 10.6. The maximum atomic E-state index is 13.0. The molecule has 1 N–H and O–H groups in total. The third kappa shape index (κ3) is 5.74. The molecule has 0 aliphatic rings. The summed E-state index contributed by atoms with van der Waals surface area (Å²) in [5.74, 6) is 0.0477. The average molecular weight is 440 g/mol. The Kier molecular flexibility index (Phi) is 7.87. The Morgan fingerprint density at radius 2 is 1.87 bits per heavy atom. The third-order valence-corrected chi connectivity index (χ3v) is 5.95. The first-order valence-corrected chi connectivity index (χ1v) is 11.5. The number of benzene rings is 2. The lowest BCUT2D eigenvalue weighted by Crippen LogP contribution is -2.25. The molecule has 3 rings (SSSR count). The van der Waals surface area contributed by atoms with Gasteiger partial charge in [0.15, 0.2) is 5.16 Å². The first-order chi connectivity index (χ1) is 14.9. The molecule has 0 spiro atoms. The minimum Gasteiger partial charge on any atom is -0.382 e. The van der Waals surface area contributed by atoms with Gasteiger partial charge in [-0.25, -0.2) is 4.98 Å². The van der Waals surface area contributed by atoms with Crippen LogP contribution in [-0.4, -0.2) is 34.4 Å². The van der Waals surface area contributed by atoms with Crippen molar-refractivity contribution in [2.45, 2.75) is 45.8 Å². The molecule has 0 aliphatic carbocycles. The van der Waals surface area contributed by atoms with E-state index in [1.54, 1.807) is 10.6 Å². The van der Waals surface area contributed by atoms with Crippen LogP contribution < -0.4 is 10.9 Å². The van der Waals surface area contributed by atoms with Gasteiger partial charge < -0.3 is 10.1 Å². The van der Waals surface area contributed by atoms with E-state index in [2.05, 4.69) is 22.4 Å². The Morgan fingerprint density at radius 3 is 2.58 bits per heavy atom. The van der Waals surface area contributed by atoms with E-state index < -0.39 is 0 Å². The molecule has 0 radical (unpaired) electrons. The molecule has 0 fully saturated rings. The molecule has 7 heteroatoms. The number of anilines is 1. The van der Waals surface area contributed by atoms with E-state index in [9.17, 15) is 9.59 Å². The van der Waals surface area contributed by atoms with Crippen molar-refractivity contribution in [1.82, 2.24) is 9.55 Å². The number of fused-ring (bicyclic) bond motifs is 1. The van der Waals surface area contributed by atoms with Crippen LogP contribution in [0, 0.1) is 20.8 Å². The molecule has 0 unspecified atom stereocenters. The normalized spacial score (nSPS) is 11.1. The highest BCUT2D eigenvalue weighted by molar-refractivity contribution is 7.99. The van der Waals surface area contributed by atoms with Crippen molar-refractivity contribution < 1.29 is 9.53 Å². The smallest absolute Gasteiger partial charge is 0.262 e. The number of carbonyl (C=O) groups excluding carboxylic acids is 1. The highest BCUT2D eigenvalue weighted by Gasteiger charge is 2.14. The van der Waals surface area contributed by atoms with Crippen LogP contribution in [0.1, 0.15) is 30.0 Å². The molecule has 0 saturated carbocycles. The third-order valence-electron chi connectivity index (χ3n) is 4.97.